The summed E-state index contributed by atoms with van der Waals surface area (Å²) in [6.45, 7) is 14.1. The Kier molecular flexibility index (Phi) is 6.00. The molecule has 1 N–H and O–H groups in total. The molecule has 0 saturated carbocycles. The van der Waals surface area contributed by atoms with Gasteiger partial charge in [-0.1, -0.05) is 35.9 Å². The second-order valence-electron chi connectivity index (χ2n) is 9.58. The van der Waals surface area contributed by atoms with Crippen molar-refractivity contribution in [2.75, 3.05) is 12.1 Å². The predicted octanol–water partition coefficient (Wildman–Crippen LogP) is 6.99. The Labute approximate surface area is 202 Å². The van der Waals surface area contributed by atoms with Crippen LogP contribution in [0.15, 0.2) is 42.5 Å². The normalized spacial score (nSPS) is 17.2. The van der Waals surface area contributed by atoms with Gasteiger partial charge in [0.2, 0.25) is 6.79 Å². The average Bonchev–Trinajstić information content (AvgIpc) is 3.34. The molecule has 0 saturated heterocycles. The SMILES string of the molecule is Cc1ccc(C2c3c(C)c(NCc4ccc5c(c4)OCO5)c(C)c(C)c3OC2(C)C)cc1.Cl. The lowest BCUT2D eigenvalue weighted by molar-refractivity contribution is 0.121. The minimum absolute atomic E-state index is 0. The fourth-order valence-electron chi connectivity index (χ4n) is 5.13. The third-order valence-corrected chi connectivity index (χ3v) is 6.97. The molecule has 0 amide bonds. The van der Waals surface area contributed by atoms with Gasteiger partial charge in [-0.3, -0.25) is 0 Å². The van der Waals surface area contributed by atoms with Crippen molar-refractivity contribution in [2.24, 2.45) is 0 Å². The number of halogens is 1. The summed E-state index contributed by atoms with van der Waals surface area (Å²) in [6.07, 6.45) is 0. The van der Waals surface area contributed by atoms with Crippen molar-refractivity contribution in [3.05, 3.63) is 81.4 Å². The lowest BCUT2D eigenvalue weighted by Gasteiger charge is -2.27. The smallest absolute Gasteiger partial charge is 0.231 e. The van der Waals surface area contributed by atoms with E-state index < -0.39 is 0 Å². The molecule has 0 bridgehead atoms. The Morgan fingerprint density at radius 3 is 2.30 bits per heavy atom. The molecule has 4 nitrogen and oxygen atoms in total. The molecule has 33 heavy (non-hydrogen) atoms. The number of benzene rings is 3. The maximum absolute atomic E-state index is 6.59. The minimum Gasteiger partial charge on any atom is -0.486 e. The van der Waals surface area contributed by atoms with Crippen molar-refractivity contribution >= 4 is 18.1 Å². The van der Waals surface area contributed by atoms with Crippen LogP contribution in [-0.4, -0.2) is 12.4 Å². The van der Waals surface area contributed by atoms with Crippen LogP contribution in [0.4, 0.5) is 5.69 Å². The molecular weight excluding hydrogens is 434 g/mol. The van der Waals surface area contributed by atoms with Crippen molar-refractivity contribution in [3.8, 4) is 17.2 Å². The Bertz CT molecular complexity index is 1200. The standard InChI is InChI=1S/C28H31NO3.ClH/c1-16-7-10-21(11-8-16)25-24-19(4)26(17(2)18(3)27(24)32-28(25,5)6)29-14-20-9-12-22-23(13-20)31-15-30-22;/h7-13,25,29H,14-15H2,1-6H3;1H. The predicted molar refractivity (Wildman–Crippen MR) is 136 cm³/mol. The molecular formula is C28H32ClNO3. The van der Waals surface area contributed by atoms with E-state index in [1.54, 1.807) is 0 Å². The van der Waals surface area contributed by atoms with Gasteiger partial charge in [-0.25, -0.2) is 0 Å². The lowest BCUT2D eigenvalue weighted by atomic mass is 9.78. The first kappa shape index (κ1) is 23.3. The van der Waals surface area contributed by atoms with Crippen LogP contribution in [0, 0.1) is 27.7 Å². The molecule has 2 aliphatic rings. The first-order valence-electron chi connectivity index (χ1n) is 11.3. The first-order chi connectivity index (χ1) is 15.3. The zero-order valence-electron chi connectivity index (χ0n) is 20.2. The highest BCUT2D eigenvalue weighted by Crippen LogP contribution is 2.53. The highest BCUT2D eigenvalue weighted by molar-refractivity contribution is 5.85. The number of hydrogen-bond donors (Lipinski definition) is 1. The van der Waals surface area contributed by atoms with Crippen molar-refractivity contribution < 1.29 is 14.2 Å². The molecule has 5 rings (SSSR count). The molecule has 2 aliphatic heterocycles. The monoisotopic (exact) mass is 465 g/mol. The van der Waals surface area contributed by atoms with Crippen LogP contribution in [0.25, 0.3) is 0 Å². The van der Waals surface area contributed by atoms with Gasteiger partial charge in [0.25, 0.3) is 0 Å². The van der Waals surface area contributed by atoms with Gasteiger partial charge in [-0.05, 0) is 81.5 Å². The summed E-state index contributed by atoms with van der Waals surface area (Å²) >= 11 is 0. The highest BCUT2D eigenvalue weighted by Gasteiger charge is 2.44. The van der Waals surface area contributed by atoms with Crippen LogP contribution in [0.3, 0.4) is 0 Å². The Hall–Kier alpha value is -2.85. The molecule has 3 aromatic carbocycles. The van der Waals surface area contributed by atoms with Gasteiger partial charge in [0.05, 0.1) is 5.92 Å². The first-order valence-corrected chi connectivity index (χ1v) is 11.3. The summed E-state index contributed by atoms with van der Waals surface area (Å²) in [4.78, 5) is 0. The quantitative estimate of drug-likeness (QED) is 0.451. The molecule has 0 radical (unpaired) electrons. The summed E-state index contributed by atoms with van der Waals surface area (Å²) in [7, 11) is 0. The summed E-state index contributed by atoms with van der Waals surface area (Å²) in [5.74, 6) is 2.86. The van der Waals surface area contributed by atoms with E-state index in [1.807, 2.05) is 6.07 Å². The van der Waals surface area contributed by atoms with Crippen LogP contribution >= 0.6 is 12.4 Å². The number of hydrogen-bond acceptors (Lipinski definition) is 4. The molecule has 1 atom stereocenters. The second-order valence-corrected chi connectivity index (χ2v) is 9.58. The van der Waals surface area contributed by atoms with Crippen LogP contribution in [0.2, 0.25) is 0 Å². The van der Waals surface area contributed by atoms with E-state index in [9.17, 15) is 0 Å². The van der Waals surface area contributed by atoms with Gasteiger partial charge in [0, 0.05) is 17.8 Å². The van der Waals surface area contributed by atoms with Crippen molar-refractivity contribution in [2.45, 2.75) is 59.6 Å². The average molecular weight is 466 g/mol. The van der Waals surface area contributed by atoms with Gasteiger partial charge < -0.3 is 19.5 Å². The fraction of sp³-hybridized carbons (Fsp3) is 0.357. The molecule has 174 valence electrons. The zero-order valence-corrected chi connectivity index (χ0v) is 21.0. The molecule has 2 heterocycles. The number of aryl methyl sites for hydroxylation is 1. The molecule has 5 heteroatoms. The maximum atomic E-state index is 6.59. The molecule has 0 spiro atoms. The van der Waals surface area contributed by atoms with Crippen LogP contribution < -0.4 is 19.5 Å². The Balaban J connectivity index is 0.00000259. The van der Waals surface area contributed by atoms with Crippen molar-refractivity contribution in [3.63, 3.8) is 0 Å². The van der Waals surface area contributed by atoms with E-state index in [2.05, 4.69) is 83.3 Å². The van der Waals surface area contributed by atoms with Gasteiger partial charge in [-0.2, -0.15) is 0 Å². The third-order valence-electron chi connectivity index (χ3n) is 6.97. The van der Waals surface area contributed by atoms with Gasteiger partial charge in [0.1, 0.15) is 11.4 Å². The van der Waals surface area contributed by atoms with E-state index >= 15 is 0 Å². The summed E-state index contributed by atoms with van der Waals surface area (Å²) in [5, 5.41) is 3.72. The number of nitrogens with one attached hydrogen (secondary N) is 1. The topological polar surface area (TPSA) is 39.7 Å². The summed E-state index contributed by atoms with van der Waals surface area (Å²) in [6, 6.07) is 15.0. The maximum Gasteiger partial charge on any atom is 0.231 e. The number of ether oxygens (including phenoxy) is 3. The molecule has 0 fully saturated rings. The highest BCUT2D eigenvalue weighted by atomic mass is 35.5. The lowest BCUT2D eigenvalue weighted by Crippen LogP contribution is -2.31. The van der Waals surface area contributed by atoms with Crippen LogP contribution in [-0.2, 0) is 6.54 Å². The summed E-state index contributed by atoms with van der Waals surface area (Å²) in [5.41, 5.74) is 9.63. The number of anilines is 1. The molecule has 1 unspecified atom stereocenters. The van der Waals surface area contributed by atoms with E-state index in [-0.39, 0.29) is 23.9 Å². The fourth-order valence-corrected chi connectivity index (χ4v) is 5.13. The molecule has 0 aromatic heterocycles. The summed E-state index contributed by atoms with van der Waals surface area (Å²) < 4.78 is 17.6. The number of fused-ring (bicyclic) bond motifs is 2. The second kappa shape index (κ2) is 8.49. The zero-order chi connectivity index (χ0) is 22.6. The largest absolute Gasteiger partial charge is 0.486 e. The van der Waals surface area contributed by atoms with Gasteiger partial charge in [0.15, 0.2) is 11.5 Å². The third kappa shape index (κ3) is 3.91. The van der Waals surface area contributed by atoms with E-state index in [0.717, 1.165) is 29.4 Å². The van der Waals surface area contributed by atoms with Gasteiger partial charge >= 0.3 is 0 Å². The Morgan fingerprint density at radius 1 is 0.879 bits per heavy atom. The van der Waals surface area contributed by atoms with Gasteiger partial charge in [-0.15, -0.1) is 12.4 Å². The minimum atomic E-state index is -0.310. The van der Waals surface area contributed by atoms with E-state index in [4.69, 9.17) is 14.2 Å². The van der Waals surface area contributed by atoms with Crippen LogP contribution in [0.5, 0.6) is 17.2 Å². The number of rotatable bonds is 4. The Morgan fingerprint density at radius 2 is 1.58 bits per heavy atom. The van der Waals surface area contributed by atoms with Crippen LogP contribution in [0.1, 0.15) is 58.7 Å². The molecule has 3 aromatic rings. The van der Waals surface area contributed by atoms with E-state index in [1.165, 1.54) is 39.1 Å². The van der Waals surface area contributed by atoms with Crippen molar-refractivity contribution in [1.29, 1.82) is 0 Å². The van der Waals surface area contributed by atoms with Crippen molar-refractivity contribution in [1.82, 2.24) is 0 Å². The van der Waals surface area contributed by atoms with E-state index in [0.29, 0.717) is 6.79 Å². The molecule has 0 aliphatic carbocycles.